The highest BCUT2D eigenvalue weighted by molar-refractivity contribution is 5.86. The van der Waals surface area contributed by atoms with Crippen molar-refractivity contribution in [2.45, 2.75) is 32.7 Å². The first-order valence-corrected chi connectivity index (χ1v) is 7.56. The van der Waals surface area contributed by atoms with Crippen LogP contribution in [0.2, 0.25) is 0 Å². The van der Waals surface area contributed by atoms with Gasteiger partial charge in [-0.15, -0.1) is 0 Å². The highest BCUT2D eigenvalue weighted by atomic mass is 16.2. The first-order valence-electron chi connectivity index (χ1n) is 7.56. The molecule has 2 heterocycles. The van der Waals surface area contributed by atoms with Crippen molar-refractivity contribution in [1.29, 1.82) is 0 Å². The molecule has 3 rings (SSSR count). The van der Waals surface area contributed by atoms with Gasteiger partial charge in [-0.3, -0.25) is 4.79 Å². The number of H-pyrrole nitrogens is 1. The molecule has 0 radical (unpaired) electrons. The maximum absolute atomic E-state index is 12.5. The number of nitrogens with two attached hydrogens (primary N) is 1. The minimum absolute atomic E-state index is 0.0749. The summed E-state index contributed by atoms with van der Waals surface area (Å²) in [6.07, 6.45) is 3.60. The molecule has 4 nitrogen and oxygen atoms in total. The van der Waals surface area contributed by atoms with Crippen molar-refractivity contribution in [2.75, 3.05) is 13.1 Å². The first kappa shape index (κ1) is 14.1. The minimum atomic E-state index is -0.460. The van der Waals surface area contributed by atoms with E-state index < -0.39 is 6.04 Å². The summed E-state index contributed by atoms with van der Waals surface area (Å²) >= 11 is 0. The number of aromatic nitrogens is 1. The van der Waals surface area contributed by atoms with Crippen molar-refractivity contribution in [3.63, 3.8) is 0 Å². The molecule has 1 fully saturated rings. The molecule has 1 saturated heterocycles. The van der Waals surface area contributed by atoms with Crippen molar-refractivity contribution >= 4 is 16.8 Å². The zero-order chi connectivity index (χ0) is 15.0. The summed E-state index contributed by atoms with van der Waals surface area (Å²) in [4.78, 5) is 17.6. The minimum Gasteiger partial charge on any atom is -0.361 e. The Morgan fingerprint density at radius 2 is 2.19 bits per heavy atom. The summed E-state index contributed by atoms with van der Waals surface area (Å²) in [5.41, 5.74) is 8.59. The van der Waals surface area contributed by atoms with Crippen LogP contribution in [0, 0.1) is 5.41 Å². The van der Waals surface area contributed by atoms with Gasteiger partial charge < -0.3 is 15.6 Å². The second-order valence-electron chi connectivity index (χ2n) is 6.84. The molecule has 0 aliphatic carbocycles. The lowest BCUT2D eigenvalue weighted by atomic mass is 9.93. The average molecular weight is 285 g/mol. The van der Waals surface area contributed by atoms with Crippen LogP contribution in [0.4, 0.5) is 0 Å². The molecule has 112 valence electrons. The van der Waals surface area contributed by atoms with Crippen LogP contribution in [-0.4, -0.2) is 34.9 Å². The molecule has 1 aromatic carbocycles. The lowest BCUT2D eigenvalue weighted by Gasteiger charge is -2.22. The standard InChI is InChI=1S/C17H23N3O/c1-17(2)7-8-20(11-17)16(21)14(18)9-12-10-19-15-6-4-3-5-13(12)15/h3-6,10,14,19H,7-9,11,18H2,1-2H3/t14-/m1/s1. The Kier molecular flexibility index (Phi) is 3.49. The molecule has 0 spiro atoms. The Morgan fingerprint density at radius 3 is 2.90 bits per heavy atom. The van der Waals surface area contributed by atoms with E-state index in [1.54, 1.807) is 0 Å². The fraction of sp³-hybridized carbons (Fsp3) is 0.471. The Labute approximate surface area is 125 Å². The highest BCUT2D eigenvalue weighted by Crippen LogP contribution is 2.29. The number of para-hydroxylation sites is 1. The second kappa shape index (κ2) is 5.19. The number of nitrogens with one attached hydrogen (secondary N) is 1. The molecule has 1 aliphatic rings. The first-order chi connectivity index (χ1) is 9.96. The number of aromatic amines is 1. The van der Waals surface area contributed by atoms with E-state index in [9.17, 15) is 4.79 Å². The third-order valence-electron chi connectivity index (χ3n) is 4.42. The van der Waals surface area contributed by atoms with Gasteiger partial charge in [0.2, 0.25) is 5.91 Å². The van der Waals surface area contributed by atoms with Gasteiger partial charge in [0, 0.05) is 30.2 Å². The number of amides is 1. The van der Waals surface area contributed by atoms with E-state index in [1.807, 2.05) is 29.3 Å². The molecule has 4 heteroatoms. The van der Waals surface area contributed by atoms with Crippen molar-refractivity contribution in [3.8, 4) is 0 Å². The number of nitrogens with zero attached hydrogens (tertiary/aromatic N) is 1. The Balaban J connectivity index is 1.71. The Bertz CT molecular complexity index is 659. The predicted molar refractivity (Wildman–Crippen MR) is 85.0 cm³/mol. The van der Waals surface area contributed by atoms with E-state index in [0.717, 1.165) is 36.0 Å². The molecule has 1 amide bonds. The molecule has 3 N–H and O–H groups in total. The molecule has 0 saturated carbocycles. The van der Waals surface area contributed by atoms with Gasteiger partial charge in [-0.05, 0) is 29.9 Å². The van der Waals surface area contributed by atoms with Gasteiger partial charge in [-0.1, -0.05) is 32.0 Å². The monoisotopic (exact) mass is 285 g/mol. The van der Waals surface area contributed by atoms with Crippen LogP contribution in [0.1, 0.15) is 25.8 Å². The normalized spacial score (nSPS) is 19.1. The van der Waals surface area contributed by atoms with Gasteiger partial charge in [0.1, 0.15) is 0 Å². The molecule has 0 bridgehead atoms. The van der Waals surface area contributed by atoms with Crippen molar-refractivity contribution in [1.82, 2.24) is 9.88 Å². The molecule has 2 aromatic rings. The predicted octanol–water partition coefficient (Wildman–Crippen LogP) is 2.30. The fourth-order valence-corrected chi connectivity index (χ4v) is 3.16. The van der Waals surface area contributed by atoms with Crippen LogP contribution in [0.3, 0.4) is 0 Å². The number of carbonyl (C=O) groups is 1. The fourth-order valence-electron chi connectivity index (χ4n) is 3.16. The Hall–Kier alpha value is -1.81. The number of carbonyl (C=O) groups excluding carboxylic acids is 1. The zero-order valence-corrected chi connectivity index (χ0v) is 12.7. The SMILES string of the molecule is CC1(C)CCN(C(=O)[C@H](N)Cc2c[nH]c3ccccc23)C1. The maximum Gasteiger partial charge on any atom is 0.239 e. The van der Waals surface area contributed by atoms with Gasteiger partial charge in [0.25, 0.3) is 0 Å². The molecule has 1 aromatic heterocycles. The highest BCUT2D eigenvalue weighted by Gasteiger charge is 2.34. The van der Waals surface area contributed by atoms with Crippen LogP contribution in [0.5, 0.6) is 0 Å². The van der Waals surface area contributed by atoms with Crippen molar-refractivity contribution in [3.05, 3.63) is 36.0 Å². The van der Waals surface area contributed by atoms with E-state index in [2.05, 4.69) is 24.9 Å². The number of hydrogen-bond acceptors (Lipinski definition) is 2. The van der Waals surface area contributed by atoms with Crippen LogP contribution in [0.15, 0.2) is 30.5 Å². The quantitative estimate of drug-likeness (QED) is 0.909. The van der Waals surface area contributed by atoms with Crippen molar-refractivity contribution < 1.29 is 4.79 Å². The molecular weight excluding hydrogens is 262 g/mol. The lowest BCUT2D eigenvalue weighted by molar-refractivity contribution is -0.131. The summed E-state index contributed by atoms with van der Waals surface area (Å²) in [7, 11) is 0. The Morgan fingerprint density at radius 1 is 1.43 bits per heavy atom. The van der Waals surface area contributed by atoms with Crippen LogP contribution in [-0.2, 0) is 11.2 Å². The van der Waals surface area contributed by atoms with Crippen molar-refractivity contribution in [2.24, 2.45) is 11.1 Å². The number of likely N-dealkylation sites (tertiary alicyclic amines) is 1. The number of hydrogen-bond donors (Lipinski definition) is 2. The largest absolute Gasteiger partial charge is 0.361 e. The topological polar surface area (TPSA) is 62.1 Å². The van der Waals surface area contributed by atoms with Gasteiger partial charge >= 0.3 is 0 Å². The molecule has 1 aliphatic heterocycles. The zero-order valence-electron chi connectivity index (χ0n) is 12.7. The summed E-state index contributed by atoms with van der Waals surface area (Å²) in [5.74, 6) is 0.0749. The molecule has 1 atom stereocenters. The molecular formula is C17H23N3O. The van der Waals surface area contributed by atoms with Gasteiger partial charge in [0.05, 0.1) is 6.04 Å². The van der Waals surface area contributed by atoms with E-state index in [1.165, 1.54) is 0 Å². The van der Waals surface area contributed by atoms with E-state index in [4.69, 9.17) is 5.73 Å². The second-order valence-corrected chi connectivity index (χ2v) is 6.84. The third-order valence-corrected chi connectivity index (χ3v) is 4.42. The summed E-state index contributed by atoms with van der Waals surface area (Å²) in [6, 6.07) is 7.65. The average Bonchev–Trinajstić information content (AvgIpc) is 3.02. The molecule has 0 unspecified atom stereocenters. The van der Waals surface area contributed by atoms with Crippen LogP contribution >= 0.6 is 0 Å². The van der Waals surface area contributed by atoms with E-state index in [0.29, 0.717) is 6.42 Å². The van der Waals surface area contributed by atoms with Gasteiger partial charge in [0.15, 0.2) is 0 Å². The maximum atomic E-state index is 12.5. The van der Waals surface area contributed by atoms with E-state index >= 15 is 0 Å². The summed E-state index contributed by atoms with van der Waals surface area (Å²) in [5, 5.41) is 1.16. The smallest absolute Gasteiger partial charge is 0.239 e. The third kappa shape index (κ3) is 2.81. The van der Waals surface area contributed by atoms with Gasteiger partial charge in [-0.2, -0.15) is 0 Å². The van der Waals surface area contributed by atoms with E-state index in [-0.39, 0.29) is 11.3 Å². The number of benzene rings is 1. The summed E-state index contributed by atoms with van der Waals surface area (Å²) in [6.45, 7) is 6.04. The lowest BCUT2D eigenvalue weighted by Crippen LogP contribution is -2.44. The number of rotatable bonds is 3. The summed E-state index contributed by atoms with van der Waals surface area (Å²) < 4.78 is 0. The van der Waals surface area contributed by atoms with Crippen LogP contribution < -0.4 is 5.73 Å². The van der Waals surface area contributed by atoms with Gasteiger partial charge in [-0.25, -0.2) is 0 Å². The van der Waals surface area contributed by atoms with Crippen LogP contribution in [0.25, 0.3) is 10.9 Å². The number of fused-ring (bicyclic) bond motifs is 1. The molecule has 21 heavy (non-hydrogen) atoms.